The van der Waals surface area contributed by atoms with E-state index in [4.69, 9.17) is 16.9 Å². The zero-order valence-corrected chi connectivity index (χ0v) is 14.8. The fourth-order valence-electron chi connectivity index (χ4n) is 3.25. The Morgan fingerprint density at radius 3 is 2.83 bits per heavy atom. The maximum atomic E-state index is 9.05. The largest absolute Gasteiger partial charge is 0.367 e. The molecule has 0 amide bonds. The van der Waals surface area contributed by atoms with Crippen LogP contribution in [0.25, 0.3) is 5.70 Å². The Labute approximate surface area is 147 Å². The van der Waals surface area contributed by atoms with Gasteiger partial charge in [-0.25, -0.2) is 9.67 Å². The summed E-state index contributed by atoms with van der Waals surface area (Å²) < 4.78 is 1.84. The first-order valence-electron chi connectivity index (χ1n) is 7.90. The molecule has 0 aliphatic heterocycles. The van der Waals surface area contributed by atoms with Crippen molar-refractivity contribution in [3.63, 3.8) is 0 Å². The highest BCUT2D eigenvalue weighted by Gasteiger charge is 2.35. The molecule has 24 heavy (non-hydrogen) atoms. The summed E-state index contributed by atoms with van der Waals surface area (Å²) >= 11 is 6.21. The summed E-state index contributed by atoms with van der Waals surface area (Å²) in [6, 6.07) is 7.86. The third kappa shape index (κ3) is 3.02. The standard InChI is InChI=1S/C18H20ClN5/c1-18(2)7-6-15(24-12-21-11-22-24)9-17(18)23(3)14-5-4-13(10-20)16(19)8-14/h4-5,8-9,11-12,17H,6-7H2,1-3H3. The van der Waals surface area contributed by atoms with E-state index in [0.29, 0.717) is 10.6 Å². The minimum Gasteiger partial charge on any atom is -0.367 e. The maximum absolute atomic E-state index is 9.05. The minimum atomic E-state index is 0.110. The second kappa shape index (κ2) is 6.29. The van der Waals surface area contributed by atoms with Crippen LogP contribution in [0.4, 0.5) is 5.69 Å². The van der Waals surface area contributed by atoms with Crippen LogP contribution in [0.1, 0.15) is 32.3 Å². The Morgan fingerprint density at radius 1 is 1.42 bits per heavy atom. The van der Waals surface area contributed by atoms with Crippen molar-refractivity contribution in [1.82, 2.24) is 14.8 Å². The number of benzene rings is 1. The average Bonchev–Trinajstić information content (AvgIpc) is 3.08. The number of allylic oxidation sites excluding steroid dienone is 1. The molecule has 0 spiro atoms. The normalized spacial score (nSPS) is 19.5. The van der Waals surface area contributed by atoms with Crippen molar-refractivity contribution in [2.45, 2.75) is 32.7 Å². The van der Waals surface area contributed by atoms with Gasteiger partial charge >= 0.3 is 0 Å². The lowest BCUT2D eigenvalue weighted by atomic mass is 9.75. The minimum absolute atomic E-state index is 0.110. The van der Waals surface area contributed by atoms with Gasteiger partial charge in [0.15, 0.2) is 0 Å². The first-order chi connectivity index (χ1) is 11.4. The lowest BCUT2D eigenvalue weighted by Crippen LogP contribution is -2.44. The van der Waals surface area contributed by atoms with Gasteiger partial charge in [0.1, 0.15) is 18.7 Å². The number of hydrogen-bond donors (Lipinski definition) is 0. The molecule has 6 heteroatoms. The van der Waals surface area contributed by atoms with Crippen LogP contribution in [0.2, 0.25) is 5.02 Å². The molecule has 1 unspecified atom stereocenters. The molecule has 0 bridgehead atoms. The molecule has 2 aromatic rings. The number of aromatic nitrogens is 3. The van der Waals surface area contributed by atoms with E-state index in [2.05, 4.69) is 48.0 Å². The van der Waals surface area contributed by atoms with Gasteiger partial charge in [-0.3, -0.25) is 0 Å². The number of nitriles is 1. The predicted molar refractivity (Wildman–Crippen MR) is 95.7 cm³/mol. The summed E-state index contributed by atoms with van der Waals surface area (Å²) in [6.45, 7) is 4.54. The van der Waals surface area contributed by atoms with Crippen LogP contribution in [0.3, 0.4) is 0 Å². The van der Waals surface area contributed by atoms with E-state index in [0.717, 1.165) is 24.2 Å². The zero-order chi connectivity index (χ0) is 17.3. The van der Waals surface area contributed by atoms with Crippen molar-refractivity contribution in [2.24, 2.45) is 5.41 Å². The fourth-order valence-corrected chi connectivity index (χ4v) is 3.46. The molecule has 1 aromatic carbocycles. The fraction of sp³-hybridized carbons (Fsp3) is 0.389. The molecule has 124 valence electrons. The molecule has 5 nitrogen and oxygen atoms in total. The number of halogens is 1. The van der Waals surface area contributed by atoms with Gasteiger partial charge in [0.05, 0.1) is 16.6 Å². The summed E-state index contributed by atoms with van der Waals surface area (Å²) in [5, 5.41) is 13.8. The van der Waals surface area contributed by atoms with Crippen molar-refractivity contribution < 1.29 is 0 Å². The van der Waals surface area contributed by atoms with Crippen molar-refractivity contribution in [1.29, 1.82) is 5.26 Å². The van der Waals surface area contributed by atoms with Gasteiger partial charge in [-0.1, -0.05) is 25.4 Å². The van der Waals surface area contributed by atoms with Crippen molar-refractivity contribution >= 4 is 23.0 Å². The topological polar surface area (TPSA) is 57.7 Å². The highest BCUT2D eigenvalue weighted by molar-refractivity contribution is 6.32. The average molecular weight is 342 g/mol. The lowest BCUT2D eigenvalue weighted by Gasteiger charge is -2.43. The second-order valence-electron chi connectivity index (χ2n) is 6.82. The van der Waals surface area contributed by atoms with Crippen LogP contribution in [0.15, 0.2) is 36.9 Å². The van der Waals surface area contributed by atoms with Crippen molar-refractivity contribution in [3.05, 3.63) is 47.5 Å². The van der Waals surface area contributed by atoms with E-state index in [-0.39, 0.29) is 11.5 Å². The molecular weight excluding hydrogens is 322 g/mol. The van der Waals surface area contributed by atoms with Crippen LogP contribution in [-0.4, -0.2) is 27.9 Å². The van der Waals surface area contributed by atoms with Gasteiger partial charge in [-0.05, 0) is 42.5 Å². The van der Waals surface area contributed by atoms with Gasteiger partial charge in [-0.15, -0.1) is 0 Å². The van der Waals surface area contributed by atoms with Gasteiger partial charge < -0.3 is 4.90 Å². The van der Waals surface area contributed by atoms with Crippen LogP contribution in [-0.2, 0) is 0 Å². The van der Waals surface area contributed by atoms with Crippen LogP contribution in [0.5, 0.6) is 0 Å². The van der Waals surface area contributed by atoms with Crippen molar-refractivity contribution in [3.8, 4) is 6.07 Å². The molecule has 1 aromatic heterocycles. The molecular formula is C18H20ClN5. The van der Waals surface area contributed by atoms with E-state index < -0.39 is 0 Å². The van der Waals surface area contributed by atoms with E-state index in [1.54, 1.807) is 18.7 Å². The SMILES string of the molecule is CN(c1ccc(C#N)c(Cl)c1)C1C=C(n2cncn2)CCC1(C)C. The Kier molecular flexibility index (Phi) is 4.33. The number of nitrogens with zero attached hydrogens (tertiary/aromatic N) is 5. The van der Waals surface area contributed by atoms with Crippen LogP contribution >= 0.6 is 11.6 Å². The Morgan fingerprint density at radius 2 is 2.21 bits per heavy atom. The summed E-state index contributed by atoms with van der Waals surface area (Å²) in [7, 11) is 2.06. The molecule has 3 rings (SSSR count). The summed E-state index contributed by atoms with van der Waals surface area (Å²) in [6.07, 6.45) is 7.57. The smallest absolute Gasteiger partial charge is 0.138 e. The lowest BCUT2D eigenvalue weighted by molar-refractivity contribution is 0.282. The molecule has 0 saturated heterocycles. The van der Waals surface area contributed by atoms with E-state index >= 15 is 0 Å². The Balaban J connectivity index is 1.96. The Hall–Kier alpha value is -2.32. The van der Waals surface area contributed by atoms with Gasteiger partial charge in [0.25, 0.3) is 0 Å². The molecule has 1 aliphatic rings. The maximum Gasteiger partial charge on any atom is 0.138 e. The first-order valence-corrected chi connectivity index (χ1v) is 8.28. The van der Waals surface area contributed by atoms with Crippen LogP contribution in [0, 0.1) is 16.7 Å². The van der Waals surface area contributed by atoms with E-state index in [9.17, 15) is 0 Å². The highest BCUT2D eigenvalue weighted by atomic mass is 35.5. The number of likely N-dealkylation sites (N-methyl/N-ethyl adjacent to an activating group) is 1. The number of anilines is 1. The van der Waals surface area contributed by atoms with Gasteiger partial charge in [0.2, 0.25) is 0 Å². The predicted octanol–water partition coefficient (Wildman–Crippen LogP) is 3.97. The molecule has 1 aliphatic carbocycles. The molecule has 0 saturated carbocycles. The highest BCUT2D eigenvalue weighted by Crippen LogP contribution is 2.40. The third-order valence-electron chi connectivity index (χ3n) is 4.79. The summed E-state index contributed by atoms with van der Waals surface area (Å²) in [4.78, 5) is 6.25. The first kappa shape index (κ1) is 16.5. The Bertz CT molecular complexity index is 801. The number of hydrogen-bond acceptors (Lipinski definition) is 4. The number of rotatable bonds is 3. The van der Waals surface area contributed by atoms with Gasteiger partial charge in [-0.2, -0.15) is 10.4 Å². The quantitative estimate of drug-likeness (QED) is 0.847. The van der Waals surface area contributed by atoms with E-state index in [1.807, 2.05) is 16.8 Å². The van der Waals surface area contributed by atoms with Crippen LogP contribution < -0.4 is 4.90 Å². The molecule has 0 N–H and O–H groups in total. The molecule has 1 atom stereocenters. The van der Waals surface area contributed by atoms with Crippen molar-refractivity contribution in [2.75, 3.05) is 11.9 Å². The van der Waals surface area contributed by atoms with Gasteiger partial charge in [0, 0.05) is 18.4 Å². The summed E-state index contributed by atoms with van der Waals surface area (Å²) in [5.41, 5.74) is 2.76. The monoisotopic (exact) mass is 341 g/mol. The summed E-state index contributed by atoms with van der Waals surface area (Å²) in [5.74, 6) is 0. The molecule has 0 radical (unpaired) electrons. The third-order valence-corrected chi connectivity index (χ3v) is 5.10. The zero-order valence-electron chi connectivity index (χ0n) is 14.1. The molecule has 0 fully saturated rings. The molecule has 1 heterocycles. The van der Waals surface area contributed by atoms with E-state index in [1.165, 1.54) is 0 Å². The second-order valence-corrected chi connectivity index (χ2v) is 7.23.